The first-order valence-corrected chi connectivity index (χ1v) is 11.4. The van der Waals surface area contributed by atoms with E-state index in [0.29, 0.717) is 41.9 Å². The molecule has 0 aromatic heterocycles. The zero-order chi connectivity index (χ0) is 22.3. The molecule has 2 aromatic rings. The van der Waals surface area contributed by atoms with Crippen molar-refractivity contribution in [2.24, 2.45) is 17.8 Å². The fourth-order valence-corrected chi connectivity index (χ4v) is 5.96. The van der Waals surface area contributed by atoms with Gasteiger partial charge in [0.25, 0.3) is 0 Å². The van der Waals surface area contributed by atoms with Gasteiger partial charge in [0.05, 0.1) is 18.8 Å². The number of morpholine rings is 1. The van der Waals surface area contributed by atoms with Crippen LogP contribution in [-0.2, 0) is 20.7 Å². The third-order valence-electron chi connectivity index (χ3n) is 7.26. The number of fused-ring (bicyclic) bond motifs is 6. The molecule has 3 unspecified atom stereocenters. The molecule has 1 saturated heterocycles. The van der Waals surface area contributed by atoms with Crippen LogP contribution >= 0.6 is 0 Å². The van der Waals surface area contributed by atoms with Gasteiger partial charge in [0.2, 0.25) is 5.91 Å². The lowest BCUT2D eigenvalue weighted by molar-refractivity contribution is -0.147. The van der Waals surface area contributed by atoms with Crippen LogP contribution in [0.1, 0.15) is 31.7 Å². The Labute approximate surface area is 187 Å². The smallest absolute Gasteiger partial charge is 0.246 e. The SMILES string of the molecule is C[C@H]1CC2C(=O)CCOc3ccccc3-c3cccc(c3F)CC2C2(COCC(=O)N2)C1. The van der Waals surface area contributed by atoms with Crippen LogP contribution in [0.25, 0.3) is 11.1 Å². The summed E-state index contributed by atoms with van der Waals surface area (Å²) >= 11 is 0. The number of benzene rings is 2. The number of ketones is 1. The van der Waals surface area contributed by atoms with Gasteiger partial charge in [-0.25, -0.2) is 4.39 Å². The third kappa shape index (κ3) is 3.71. The zero-order valence-corrected chi connectivity index (χ0v) is 18.2. The van der Waals surface area contributed by atoms with Crippen molar-refractivity contribution >= 4 is 11.7 Å². The summed E-state index contributed by atoms with van der Waals surface area (Å²) in [6.07, 6.45) is 2.09. The predicted molar refractivity (Wildman–Crippen MR) is 118 cm³/mol. The van der Waals surface area contributed by atoms with Crippen molar-refractivity contribution in [1.29, 1.82) is 0 Å². The zero-order valence-electron chi connectivity index (χ0n) is 18.2. The Hall–Kier alpha value is -2.73. The number of para-hydroxylation sites is 1. The number of nitrogens with one attached hydrogen (secondary N) is 1. The van der Waals surface area contributed by atoms with E-state index in [2.05, 4.69) is 12.2 Å². The number of rotatable bonds is 0. The Morgan fingerprint density at radius 3 is 2.75 bits per heavy atom. The number of ether oxygens (including phenoxy) is 2. The quantitative estimate of drug-likeness (QED) is 0.678. The number of carbonyl (C=O) groups excluding carboxylic acids is 2. The average Bonchev–Trinajstić information content (AvgIpc) is 2.76. The number of amides is 1. The van der Waals surface area contributed by atoms with E-state index in [1.165, 1.54) is 0 Å². The minimum Gasteiger partial charge on any atom is -0.492 e. The second-order valence-electron chi connectivity index (χ2n) is 9.50. The Morgan fingerprint density at radius 1 is 1.09 bits per heavy atom. The van der Waals surface area contributed by atoms with Crippen LogP contribution in [0.2, 0.25) is 0 Å². The first-order chi connectivity index (χ1) is 15.5. The highest BCUT2D eigenvalue weighted by atomic mass is 19.1. The Kier molecular flexibility index (Phi) is 5.49. The summed E-state index contributed by atoms with van der Waals surface area (Å²) in [4.78, 5) is 25.8. The van der Waals surface area contributed by atoms with Crippen molar-refractivity contribution in [1.82, 2.24) is 5.32 Å². The van der Waals surface area contributed by atoms with E-state index in [4.69, 9.17) is 9.47 Å². The van der Waals surface area contributed by atoms with E-state index in [9.17, 15) is 9.59 Å². The number of Topliss-reactive ketones (excluding diaryl/α,β-unsaturated/α-hetero) is 1. The number of hydrogen-bond acceptors (Lipinski definition) is 4. The van der Waals surface area contributed by atoms with Crippen molar-refractivity contribution in [3.05, 3.63) is 53.8 Å². The fraction of sp³-hybridized carbons (Fsp3) is 0.462. The number of hydrogen-bond donors (Lipinski definition) is 1. The van der Waals surface area contributed by atoms with E-state index in [1.54, 1.807) is 12.1 Å². The van der Waals surface area contributed by atoms with Crippen LogP contribution in [-0.4, -0.2) is 37.0 Å². The minimum absolute atomic E-state index is 0.0237. The maximum absolute atomic E-state index is 15.8. The third-order valence-corrected chi connectivity index (χ3v) is 7.26. The molecule has 3 aliphatic rings. The first-order valence-electron chi connectivity index (χ1n) is 11.4. The van der Waals surface area contributed by atoms with Gasteiger partial charge in [0.15, 0.2) is 0 Å². The average molecular weight is 438 g/mol. The molecule has 5 rings (SSSR count). The molecule has 4 atom stereocenters. The van der Waals surface area contributed by atoms with Crippen LogP contribution in [0.15, 0.2) is 42.5 Å². The summed E-state index contributed by atoms with van der Waals surface area (Å²) in [5, 5.41) is 3.17. The molecule has 2 bridgehead atoms. The fourth-order valence-electron chi connectivity index (χ4n) is 5.96. The molecule has 1 N–H and O–H groups in total. The number of halogens is 1. The van der Waals surface area contributed by atoms with Crippen molar-refractivity contribution in [2.45, 2.75) is 38.1 Å². The maximum atomic E-state index is 15.8. The predicted octanol–water partition coefficient (Wildman–Crippen LogP) is 3.93. The Balaban J connectivity index is 1.63. The molecule has 5 nitrogen and oxygen atoms in total. The van der Waals surface area contributed by atoms with Crippen molar-refractivity contribution in [3.8, 4) is 16.9 Å². The molecule has 2 aromatic carbocycles. The highest BCUT2D eigenvalue weighted by Gasteiger charge is 2.52. The largest absolute Gasteiger partial charge is 0.492 e. The van der Waals surface area contributed by atoms with E-state index >= 15 is 4.39 Å². The van der Waals surface area contributed by atoms with Gasteiger partial charge in [-0.3, -0.25) is 9.59 Å². The van der Waals surface area contributed by atoms with Crippen molar-refractivity contribution < 1.29 is 23.5 Å². The summed E-state index contributed by atoms with van der Waals surface area (Å²) in [7, 11) is 0. The molecular weight excluding hydrogens is 409 g/mol. The molecule has 2 heterocycles. The Morgan fingerprint density at radius 2 is 1.91 bits per heavy atom. The van der Waals surface area contributed by atoms with Crippen LogP contribution < -0.4 is 10.1 Å². The summed E-state index contributed by atoms with van der Waals surface area (Å²) in [5.74, 6) is -0.0727. The number of carbonyl (C=O) groups is 2. The van der Waals surface area contributed by atoms with E-state index in [1.807, 2.05) is 30.3 Å². The summed E-state index contributed by atoms with van der Waals surface area (Å²) < 4.78 is 27.5. The lowest BCUT2D eigenvalue weighted by Gasteiger charge is -2.51. The minimum atomic E-state index is -0.668. The van der Waals surface area contributed by atoms with Crippen molar-refractivity contribution in [3.63, 3.8) is 0 Å². The lowest BCUT2D eigenvalue weighted by Crippen LogP contribution is -2.66. The van der Waals surface area contributed by atoms with Gasteiger partial charge in [0, 0.05) is 23.5 Å². The molecule has 1 aliphatic carbocycles. The van der Waals surface area contributed by atoms with Gasteiger partial charge in [-0.05, 0) is 42.7 Å². The molecule has 6 heteroatoms. The molecule has 2 aliphatic heterocycles. The molecule has 32 heavy (non-hydrogen) atoms. The van der Waals surface area contributed by atoms with Crippen LogP contribution in [0.4, 0.5) is 4.39 Å². The molecule has 0 radical (unpaired) electrons. The van der Waals surface area contributed by atoms with Crippen LogP contribution in [0.3, 0.4) is 0 Å². The van der Waals surface area contributed by atoms with Crippen molar-refractivity contribution in [2.75, 3.05) is 19.8 Å². The lowest BCUT2D eigenvalue weighted by atomic mass is 9.60. The summed E-state index contributed by atoms with van der Waals surface area (Å²) in [6.45, 7) is 2.72. The molecule has 1 spiro atoms. The van der Waals surface area contributed by atoms with Gasteiger partial charge in [-0.2, -0.15) is 0 Å². The van der Waals surface area contributed by atoms with Gasteiger partial charge < -0.3 is 14.8 Å². The monoisotopic (exact) mass is 437 g/mol. The topological polar surface area (TPSA) is 64.6 Å². The van der Waals surface area contributed by atoms with E-state index in [0.717, 1.165) is 6.42 Å². The summed E-state index contributed by atoms with van der Waals surface area (Å²) in [5.41, 5.74) is 1.05. The summed E-state index contributed by atoms with van der Waals surface area (Å²) in [6, 6.07) is 12.8. The standard InChI is InChI=1S/C26H28FNO4/c1-16-11-20-21(26(13-16)15-31-14-24(30)28-26)12-17-5-4-7-19(25(17)27)18-6-2-3-8-23(18)32-10-9-22(20)29/h2-8,16,20-21H,9-15H2,1H3,(H,28,30)/t16-,20?,21?,26?/m0/s1. The molecule has 168 valence electrons. The second kappa shape index (κ2) is 8.32. The van der Waals surface area contributed by atoms with E-state index < -0.39 is 5.54 Å². The van der Waals surface area contributed by atoms with Crippen LogP contribution in [0, 0.1) is 23.6 Å². The Bertz CT molecular complexity index is 1050. The van der Waals surface area contributed by atoms with Gasteiger partial charge in [-0.1, -0.05) is 43.3 Å². The van der Waals surface area contributed by atoms with Gasteiger partial charge in [0.1, 0.15) is 24.0 Å². The molecular formula is C26H28FNO4. The van der Waals surface area contributed by atoms with Crippen LogP contribution in [0.5, 0.6) is 5.75 Å². The maximum Gasteiger partial charge on any atom is 0.246 e. The highest BCUT2D eigenvalue weighted by molar-refractivity contribution is 5.83. The first kappa shape index (κ1) is 21.1. The normalized spacial score (nSPS) is 30.2. The van der Waals surface area contributed by atoms with Gasteiger partial charge >= 0.3 is 0 Å². The molecule has 1 saturated carbocycles. The second-order valence-corrected chi connectivity index (χ2v) is 9.50. The molecule has 1 amide bonds. The molecule has 2 fully saturated rings. The van der Waals surface area contributed by atoms with E-state index in [-0.39, 0.29) is 54.9 Å². The highest BCUT2D eigenvalue weighted by Crippen LogP contribution is 2.46. The van der Waals surface area contributed by atoms with Gasteiger partial charge in [-0.15, -0.1) is 0 Å².